The van der Waals surface area contributed by atoms with Crippen molar-refractivity contribution in [2.45, 2.75) is 56.8 Å². The number of alkyl halides is 1. The summed E-state index contributed by atoms with van der Waals surface area (Å²) in [4.78, 5) is 2.18. The Labute approximate surface area is 133 Å². The van der Waals surface area contributed by atoms with Crippen molar-refractivity contribution >= 4 is 24.8 Å². The number of aliphatic hydroxyl groups is 1. The summed E-state index contributed by atoms with van der Waals surface area (Å²) in [6.45, 7) is 3.32. The summed E-state index contributed by atoms with van der Waals surface area (Å²) in [6.07, 6.45) is 5.83. The first-order valence-corrected chi connectivity index (χ1v) is 7.45. The molecule has 3 fully saturated rings. The number of piperidine rings is 1. The van der Waals surface area contributed by atoms with Gasteiger partial charge in [0.15, 0.2) is 0 Å². The zero-order chi connectivity index (χ0) is 12.6. The highest BCUT2D eigenvalue weighted by molar-refractivity contribution is 5.85. The number of hydrogen-bond acceptors (Lipinski definition) is 3. The highest BCUT2D eigenvalue weighted by Crippen LogP contribution is 2.44. The standard InChI is InChI=1S/C14H25FN2O.2ClH/c15-12-9-17(10-13(12)18)11-1-3-14(4-2-11)5-7-16-8-6-14;;/h11-13,16,18H,1-10H2;2*1H/t12-,13-;;/m1../s1. The Morgan fingerprint density at radius 3 is 2.10 bits per heavy atom. The maximum absolute atomic E-state index is 13.4. The van der Waals surface area contributed by atoms with Crippen LogP contribution in [0, 0.1) is 5.41 Å². The zero-order valence-electron chi connectivity index (χ0n) is 11.9. The van der Waals surface area contributed by atoms with Crippen molar-refractivity contribution in [3.8, 4) is 0 Å². The number of halogens is 3. The third kappa shape index (κ3) is 3.77. The minimum absolute atomic E-state index is 0. The summed E-state index contributed by atoms with van der Waals surface area (Å²) < 4.78 is 13.4. The highest BCUT2D eigenvalue weighted by Gasteiger charge is 2.41. The van der Waals surface area contributed by atoms with Crippen molar-refractivity contribution in [2.24, 2.45) is 5.41 Å². The van der Waals surface area contributed by atoms with Gasteiger partial charge in [0.1, 0.15) is 6.17 Å². The number of hydrogen-bond donors (Lipinski definition) is 2. The first kappa shape index (κ1) is 18.4. The van der Waals surface area contributed by atoms with Gasteiger partial charge in [-0.3, -0.25) is 4.90 Å². The second-order valence-corrected chi connectivity index (χ2v) is 6.52. The normalized spacial score (nSPS) is 34.5. The van der Waals surface area contributed by atoms with Crippen LogP contribution in [-0.4, -0.2) is 54.5 Å². The lowest BCUT2D eigenvalue weighted by atomic mass is 9.67. The SMILES string of the molecule is Cl.Cl.O[C@@H]1CN(C2CCC3(CCNCC3)CC2)C[C@H]1F. The number of β-amino-alcohol motifs (C(OH)–C–C–N with tert-alkyl or cyclic N) is 1. The number of likely N-dealkylation sites (tertiary alicyclic amines) is 1. The first-order valence-electron chi connectivity index (χ1n) is 7.45. The molecule has 3 nitrogen and oxygen atoms in total. The molecule has 0 unspecified atom stereocenters. The molecule has 20 heavy (non-hydrogen) atoms. The van der Waals surface area contributed by atoms with E-state index in [0.29, 0.717) is 24.5 Å². The topological polar surface area (TPSA) is 35.5 Å². The van der Waals surface area contributed by atoms with Gasteiger partial charge in [0, 0.05) is 19.1 Å². The quantitative estimate of drug-likeness (QED) is 0.774. The van der Waals surface area contributed by atoms with Crippen molar-refractivity contribution in [3.05, 3.63) is 0 Å². The van der Waals surface area contributed by atoms with Crippen LogP contribution in [0.2, 0.25) is 0 Å². The van der Waals surface area contributed by atoms with E-state index in [-0.39, 0.29) is 24.8 Å². The van der Waals surface area contributed by atoms with Gasteiger partial charge in [0.25, 0.3) is 0 Å². The first-order chi connectivity index (χ1) is 8.69. The average Bonchev–Trinajstić information content (AvgIpc) is 2.71. The van der Waals surface area contributed by atoms with Crippen LogP contribution in [0.5, 0.6) is 0 Å². The van der Waals surface area contributed by atoms with E-state index in [1.807, 2.05) is 0 Å². The van der Waals surface area contributed by atoms with Crippen molar-refractivity contribution < 1.29 is 9.50 Å². The second-order valence-electron chi connectivity index (χ2n) is 6.52. The molecule has 0 amide bonds. The molecule has 1 saturated carbocycles. The second kappa shape index (κ2) is 7.59. The largest absolute Gasteiger partial charge is 0.389 e. The van der Waals surface area contributed by atoms with Gasteiger partial charge in [-0.2, -0.15) is 0 Å². The third-order valence-electron chi connectivity index (χ3n) is 5.44. The van der Waals surface area contributed by atoms with Crippen molar-refractivity contribution in [1.82, 2.24) is 10.2 Å². The molecular formula is C14H27Cl2FN2O. The van der Waals surface area contributed by atoms with E-state index in [0.717, 1.165) is 0 Å². The van der Waals surface area contributed by atoms with Crippen molar-refractivity contribution in [3.63, 3.8) is 0 Å². The molecule has 1 spiro atoms. The Kier molecular flexibility index (Phi) is 7.00. The number of nitrogens with one attached hydrogen (secondary N) is 1. The molecule has 0 aromatic rings. The lowest BCUT2D eigenvalue weighted by molar-refractivity contribution is 0.0688. The summed E-state index contributed by atoms with van der Waals surface area (Å²) >= 11 is 0. The van der Waals surface area contributed by atoms with Gasteiger partial charge < -0.3 is 10.4 Å². The van der Waals surface area contributed by atoms with Gasteiger partial charge in [0.05, 0.1) is 6.10 Å². The molecular weight excluding hydrogens is 302 g/mol. The summed E-state index contributed by atoms with van der Waals surface area (Å²) in [7, 11) is 0. The molecule has 2 saturated heterocycles. The van der Waals surface area contributed by atoms with E-state index in [2.05, 4.69) is 10.2 Å². The van der Waals surface area contributed by atoms with Crippen LogP contribution in [0.3, 0.4) is 0 Å². The molecule has 6 heteroatoms. The molecule has 2 atom stereocenters. The summed E-state index contributed by atoms with van der Waals surface area (Å²) in [5.74, 6) is 0. The van der Waals surface area contributed by atoms with Crippen LogP contribution >= 0.6 is 24.8 Å². The number of nitrogens with zero attached hydrogens (tertiary/aromatic N) is 1. The average molecular weight is 329 g/mol. The van der Waals surface area contributed by atoms with Gasteiger partial charge >= 0.3 is 0 Å². The molecule has 3 rings (SSSR count). The minimum Gasteiger partial charge on any atom is -0.389 e. The molecule has 2 heterocycles. The van der Waals surface area contributed by atoms with E-state index in [4.69, 9.17) is 0 Å². The summed E-state index contributed by atoms with van der Waals surface area (Å²) in [5, 5.41) is 13.0. The fraction of sp³-hybridized carbons (Fsp3) is 1.00. The molecule has 0 aromatic carbocycles. The van der Waals surface area contributed by atoms with E-state index in [1.54, 1.807) is 0 Å². The van der Waals surface area contributed by atoms with Crippen LogP contribution in [0.1, 0.15) is 38.5 Å². The van der Waals surface area contributed by atoms with Crippen LogP contribution < -0.4 is 5.32 Å². The molecule has 0 bridgehead atoms. The number of rotatable bonds is 1. The predicted octanol–water partition coefficient (Wildman–Crippen LogP) is 2.16. The van der Waals surface area contributed by atoms with Gasteiger partial charge in [-0.1, -0.05) is 0 Å². The Morgan fingerprint density at radius 2 is 1.60 bits per heavy atom. The van der Waals surface area contributed by atoms with Crippen LogP contribution in [-0.2, 0) is 0 Å². The van der Waals surface area contributed by atoms with Crippen LogP contribution in [0.4, 0.5) is 4.39 Å². The fourth-order valence-electron chi connectivity index (χ4n) is 4.11. The third-order valence-corrected chi connectivity index (χ3v) is 5.44. The smallest absolute Gasteiger partial charge is 0.140 e. The Bertz CT molecular complexity index is 283. The molecule has 2 aliphatic heterocycles. The Balaban J connectivity index is 0.000001000. The molecule has 0 radical (unpaired) electrons. The lowest BCUT2D eigenvalue weighted by Gasteiger charge is -2.45. The number of aliphatic hydroxyl groups excluding tert-OH is 1. The highest BCUT2D eigenvalue weighted by atomic mass is 35.5. The molecule has 120 valence electrons. The maximum Gasteiger partial charge on any atom is 0.140 e. The molecule has 2 N–H and O–H groups in total. The maximum atomic E-state index is 13.4. The van der Waals surface area contributed by atoms with E-state index >= 15 is 0 Å². The molecule has 1 aliphatic carbocycles. The van der Waals surface area contributed by atoms with E-state index in [1.165, 1.54) is 51.6 Å². The zero-order valence-corrected chi connectivity index (χ0v) is 13.5. The molecule has 0 aromatic heterocycles. The van der Waals surface area contributed by atoms with Crippen LogP contribution in [0.15, 0.2) is 0 Å². The predicted molar refractivity (Wildman–Crippen MR) is 83.8 cm³/mol. The van der Waals surface area contributed by atoms with Gasteiger partial charge in [0.2, 0.25) is 0 Å². The van der Waals surface area contributed by atoms with Gasteiger partial charge in [-0.25, -0.2) is 4.39 Å². The summed E-state index contributed by atoms with van der Waals surface area (Å²) in [6, 6.07) is 0.515. The van der Waals surface area contributed by atoms with Crippen molar-refractivity contribution in [2.75, 3.05) is 26.2 Å². The van der Waals surface area contributed by atoms with Crippen LogP contribution in [0.25, 0.3) is 0 Å². The minimum atomic E-state index is -1.03. The van der Waals surface area contributed by atoms with Crippen molar-refractivity contribution in [1.29, 1.82) is 0 Å². The van der Waals surface area contributed by atoms with Gasteiger partial charge in [-0.05, 0) is 57.0 Å². The summed E-state index contributed by atoms with van der Waals surface area (Å²) in [5.41, 5.74) is 0.579. The van der Waals surface area contributed by atoms with Gasteiger partial charge in [-0.15, -0.1) is 24.8 Å². The van der Waals surface area contributed by atoms with E-state index < -0.39 is 12.3 Å². The fourth-order valence-corrected chi connectivity index (χ4v) is 4.11. The van der Waals surface area contributed by atoms with E-state index in [9.17, 15) is 9.50 Å². The Hall–Kier alpha value is 0.390. The Morgan fingerprint density at radius 1 is 1.00 bits per heavy atom. The lowest BCUT2D eigenvalue weighted by Crippen LogP contribution is -2.44. The monoisotopic (exact) mass is 328 g/mol. The molecule has 3 aliphatic rings.